The molecule has 6 heteroatoms. The van der Waals surface area contributed by atoms with Gasteiger partial charge in [-0.2, -0.15) is 0 Å². The molecule has 80 valence electrons. The Kier molecular flexibility index (Phi) is 1.78. The molecule has 1 atom stereocenters. The second-order valence-corrected chi connectivity index (χ2v) is 5.58. The summed E-state index contributed by atoms with van der Waals surface area (Å²) in [7, 11) is 6.50. The summed E-state index contributed by atoms with van der Waals surface area (Å²) in [4.78, 5) is 0. The molecule has 0 aromatic heterocycles. The Hall–Kier alpha value is -1.03. The third-order valence-corrected chi connectivity index (χ3v) is 4.26. The first kappa shape index (κ1) is 10.1. The molecule has 0 saturated carbocycles. The molecule has 16 heavy (non-hydrogen) atoms. The monoisotopic (exact) mass is 213 g/mol. The number of nitrogens with two attached hydrogens (primary N) is 1. The normalized spacial score (nSPS) is 29.1. The van der Waals surface area contributed by atoms with Crippen molar-refractivity contribution < 1.29 is 9.47 Å². The highest BCUT2D eigenvalue weighted by Crippen LogP contribution is 2.45. The molecule has 0 amide bonds. The van der Waals surface area contributed by atoms with Crippen LogP contribution in [0.15, 0.2) is 12.1 Å². The lowest BCUT2D eigenvalue weighted by molar-refractivity contribution is 0.174. The average molecular weight is 213 g/mol. The van der Waals surface area contributed by atoms with Crippen LogP contribution in [0.1, 0.15) is 11.1 Å². The first-order chi connectivity index (χ1) is 7.42. The maximum atomic E-state index is 6.38. The maximum Gasteiger partial charge on any atom is 0.231 e. The topological polar surface area (TPSA) is 44.5 Å². The molecule has 1 aromatic carbocycles. The van der Waals surface area contributed by atoms with E-state index >= 15 is 0 Å². The second kappa shape index (κ2) is 2.80. The van der Waals surface area contributed by atoms with E-state index in [1.54, 1.807) is 0 Å². The van der Waals surface area contributed by atoms with Crippen LogP contribution >= 0.6 is 0 Å². The van der Waals surface area contributed by atoms with Gasteiger partial charge in [0.2, 0.25) is 6.79 Å². The van der Waals surface area contributed by atoms with Crippen molar-refractivity contribution in [2.75, 3.05) is 6.79 Å². The van der Waals surface area contributed by atoms with Crippen LogP contribution in [0.25, 0.3) is 0 Å². The molecule has 0 radical (unpaired) electrons. The Morgan fingerprint density at radius 3 is 2.44 bits per heavy atom. The summed E-state index contributed by atoms with van der Waals surface area (Å²) < 4.78 is 10.8. The maximum absolute atomic E-state index is 6.38. The number of rotatable bonds is 0. The largest absolute Gasteiger partial charge is 0.454 e. The van der Waals surface area contributed by atoms with Gasteiger partial charge in [0.05, 0.1) is 0 Å². The zero-order valence-corrected chi connectivity index (χ0v) is 9.96. The molecular formula is C10H14B3NO2. The van der Waals surface area contributed by atoms with Gasteiger partial charge < -0.3 is 15.2 Å². The minimum absolute atomic E-state index is 0.0245. The second-order valence-electron chi connectivity index (χ2n) is 5.58. The average Bonchev–Trinajstić information content (AvgIpc) is 2.67. The van der Waals surface area contributed by atoms with Crippen LogP contribution in [-0.4, -0.2) is 35.8 Å². The summed E-state index contributed by atoms with van der Waals surface area (Å²) in [5.74, 6) is 1.71. The molecule has 2 aliphatic rings. The quantitative estimate of drug-likeness (QED) is 0.491. The molecule has 2 N–H and O–H groups in total. The molecule has 3 nitrogen and oxygen atoms in total. The molecule has 1 aliphatic heterocycles. The van der Waals surface area contributed by atoms with E-state index in [1.807, 2.05) is 0 Å². The van der Waals surface area contributed by atoms with Crippen molar-refractivity contribution in [2.45, 2.75) is 17.1 Å². The fourth-order valence-corrected chi connectivity index (χ4v) is 2.64. The van der Waals surface area contributed by atoms with E-state index < -0.39 is 0 Å². The van der Waals surface area contributed by atoms with E-state index in [0.29, 0.717) is 6.79 Å². The van der Waals surface area contributed by atoms with Crippen molar-refractivity contribution >= 4 is 23.5 Å². The molecule has 0 saturated heterocycles. The zero-order valence-electron chi connectivity index (χ0n) is 9.96. The van der Waals surface area contributed by atoms with Crippen LogP contribution in [0.3, 0.4) is 0 Å². The molecule has 0 fully saturated rings. The van der Waals surface area contributed by atoms with E-state index in [4.69, 9.17) is 15.2 Å². The summed E-state index contributed by atoms with van der Waals surface area (Å²) in [6, 6.07) is 4.17. The van der Waals surface area contributed by atoms with E-state index in [-0.39, 0.29) is 10.7 Å². The Bertz CT molecular complexity index is 473. The van der Waals surface area contributed by atoms with Crippen molar-refractivity contribution in [3.63, 3.8) is 0 Å². The van der Waals surface area contributed by atoms with Crippen LogP contribution < -0.4 is 15.2 Å². The van der Waals surface area contributed by atoms with Gasteiger partial charge in [-0.05, 0) is 35.1 Å². The highest BCUT2D eigenvalue weighted by molar-refractivity contribution is 6.46. The smallest absolute Gasteiger partial charge is 0.231 e. The van der Waals surface area contributed by atoms with Crippen molar-refractivity contribution in [3.8, 4) is 11.5 Å². The van der Waals surface area contributed by atoms with Gasteiger partial charge in [0.25, 0.3) is 0 Å². The number of ether oxygens (including phenoxy) is 2. The van der Waals surface area contributed by atoms with Crippen molar-refractivity contribution in [1.82, 2.24) is 0 Å². The van der Waals surface area contributed by atoms with Gasteiger partial charge in [0.15, 0.2) is 11.5 Å². The van der Waals surface area contributed by atoms with Gasteiger partial charge in [0, 0.05) is 0 Å². The van der Waals surface area contributed by atoms with Gasteiger partial charge in [-0.25, -0.2) is 0 Å². The van der Waals surface area contributed by atoms with Crippen LogP contribution in [0, 0.1) is 0 Å². The Morgan fingerprint density at radius 2 is 1.75 bits per heavy atom. The van der Waals surface area contributed by atoms with Gasteiger partial charge in [-0.1, -0.05) is 5.21 Å². The van der Waals surface area contributed by atoms with Crippen LogP contribution in [0.5, 0.6) is 11.5 Å². The standard InChI is InChI=1S/C10H14B3NO2/c11-9(14)3-5-1-7-8(16-4-15-7)2-6(5)10(9,12)13/h1-2H,3-4,11-14H2/t9-/m0/s1. The minimum Gasteiger partial charge on any atom is -0.454 e. The molecular weight excluding hydrogens is 199 g/mol. The summed E-state index contributed by atoms with van der Waals surface area (Å²) in [6.45, 7) is 0.332. The summed E-state index contributed by atoms with van der Waals surface area (Å²) in [5, 5.41) is -0.0245. The molecule has 0 spiro atoms. The van der Waals surface area contributed by atoms with Crippen molar-refractivity contribution in [1.29, 1.82) is 0 Å². The third-order valence-electron chi connectivity index (χ3n) is 4.26. The van der Waals surface area contributed by atoms with Gasteiger partial charge in [-0.15, -0.1) is 0 Å². The predicted molar refractivity (Wildman–Crippen MR) is 70.5 cm³/mol. The SMILES string of the molecule is BC1(B)c2cc3c(cc2C[C@]1(B)N)OCO3. The highest BCUT2D eigenvalue weighted by Gasteiger charge is 2.46. The first-order valence-electron chi connectivity index (χ1n) is 5.64. The number of hydrogen-bond acceptors (Lipinski definition) is 3. The van der Waals surface area contributed by atoms with Crippen LogP contribution in [0.2, 0.25) is 0 Å². The number of hydrogen-bond donors (Lipinski definition) is 1. The lowest BCUT2D eigenvalue weighted by atomic mass is 9.40. The fourth-order valence-electron chi connectivity index (χ4n) is 2.64. The molecule has 0 bridgehead atoms. The van der Waals surface area contributed by atoms with Gasteiger partial charge in [-0.3, -0.25) is 0 Å². The van der Waals surface area contributed by atoms with Crippen LogP contribution in [-0.2, 0) is 11.6 Å². The summed E-state index contributed by atoms with van der Waals surface area (Å²) in [5.41, 5.74) is 8.76. The van der Waals surface area contributed by atoms with Crippen LogP contribution in [0.4, 0.5) is 0 Å². The van der Waals surface area contributed by atoms with Gasteiger partial charge in [0.1, 0.15) is 23.5 Å². The molecule has 1 aromatic rings. The highest BCUT2D eigenvalue weighted by atomic mass is 16.7. The number of benzene rings is 1. The zero-order chi connectivity index (χ0) is 11.6. The summed E-state index contributed by atoms with van der Waals surface area (Å²) in [6.07, 6.45) is 0.895. The summed E-state index contributed by atoms with van der Waals surface area (Å²) >= 11 is 0. The van der Waals surface area contributed by atoms with E-state index in [9.17, 15) is 0 Å². The Labute approximate surface area is 97.9 Å². The molecule has 3 rings (SSSR count). The lowest BCUT2D eigenvalue weighted by Crippen LogP contribution is -2.57. The fraction of sp³-hybridized carbons (Fsp3) is 0.400. The van der Waals surface area contributed by atoms with E-state index in [0.717, 1.165) is 17.9 Å². The third kappa shape index (κ3) is 1.11. The Morgan fingerprint density at radius 1 is 1.12 bits per heavy atom. The van der Waals surface area contributed by atoms with Crippen molar-refractivity contribution in [3.05, 3.63) is 23.3 Å². The molecule has 1 heterocycles. The number of fused-ring (bicyclic) bond motifs is 2. The first-order valence-corrected chi connectivity index (χ1v) is 5.64. The predicted octanol–water partition coefficient (Wildman–Crippen LogP) is -2.32. The van der Waals surface area contributed by atoms with Crippen molar-refractivity contribution in [2.24, 2.45) is 5.73 Å². The minimum atomic E-state index is -0.204. The molecule has 1 aliphatic carbocycles. The van der Waals surface area contributed by atoms with E-state index in [1.165, 1.54) is 11.1 Å². The van der Waals surface area contributed by atoms with Gasteiger partial charge >= 0.3 is 0 Å². The Balaban J connectivity index is 2.19. The van der Waals surface area contributed by atoms with E-state index in [2.05, 4.69) is 35.7 Å². The molecule has 0 unspecified atom stereocenters. The lowest BCUT2D eigenvalue weighted by Gasteiger charge is -2.36.